The van der Waals surface area contributed by atoms with Crippen molar-refractivity contribution in [3.8, 4) is 0 Å². The Morgan fingerprint density at radius 2 is 1.84 bits per heavy atom. The van der Waals surface area contributed by atoms with E-state index in [2.05, 4.69) is 15.5 Å². The summed E-state index contributed by atoms with van der Waals surface area (Å²) in [7, 11) is 1.61. The monoisotopic (exact) mass is 344 g/mol. The van der Waals surface area contributed by atoms with Gasteiger partial charge in [-0.1, -0.05) is 25.0 Å². The van der Waals surface area contributed by atoms with Crippen LogP contribution in [0.15, 0.2) is 24.3 Å². The molecule has 0 bridgehead atoms. The van der Waals surface area contributed by atoms with Crippen molar-refractivity contribution in [1.82, 2.24) is 20.4 Å². The third kappa shape index (κ3) is 4.51. The summed E-state index contributed by atoms with van der Waals surface area (Å²) < 4.78 is 0. The van der Waals surface area contributed by atoms with Gasteiger partial charge in [-0.2, -0.15) is 0 Å². The van der Waals surface area contributed by atoms with Gasteiger partial charge in [-0.3, -0.25) is 9.69 Å². The predicted octanol–water partition coefficient (Wildman–Crippen LogP) is 1.82. The third-order valence-electron chi connectivity index (χ3n) is 5.30. The van der Waals surface area contributed by atoms with E-state index in [1.807, 2.05) is 23.1 Å². The number of carbonyl (C=O) groups excluding carboxylic acids is 2. The summed E-state index contributed by atoms with van der Waals surface area (Å²) >= 11 is 0. The van der Waals surface area contributed by atoms with Crippen LogP contribution in [0, 0.1) is 0 Å². The molecule has 1 aromatic carbocycles. The second-order valence-electron chi connectivity index (χ2n) is 6.90. The summed E-state index contributed by atoms with van der Waals surface area (Å²) in [5.41, 5.74) is 1.54. The van der Waals surface area contributed by atoms with Crippen LogP contribution in [0.1, 0.15) is 41.6 Å². The zero-order chi connectivity index (χ0) is 17.6. The first kappa shape index (κ1) is 17.7. The highest BCUT2D eigenvalue weighted by Gasteiger charge is 2.27. The summed E-state index contributed by atoms with van der Waals surface area (Å²) in [4.78, 5) is 28.5. The van der Waals surface area contributed by atoms with Crippen LogP contribution < -0.4 is 10.6 Å². The fourth-order valence-corrected chi connectivity index (χ4v) is 3.82. The number of hydrogen-bond donors (Lipinski definition) is 2. The molecular formula is C19H28N4O2. The van der Waals surface area contributed by atoms with Crippen LogP contribution in [0.5, 0.6) is 0 Å². The van der Waals surface area contributed by atoms with Crippen molar-refractivity contribution >= 4 is 11.9 Å². The predicted molar refractivity (Wildman–Crippen MR) is 97.5 cm³/mol. The van der Waals surface area contributed by atoms with Crippen molar-refractivity contribution in [2.24, 2.45) is 0 Å². The smallest absolute Gasteiger partial charge is 0.317 e. The van der Waals surface area contributed by atoms with Crippen molar-refractivity contribution in [2.75, 3.05) is 33.2 Å². The SMILES string of the molecule is CNC(=O)c1cccc(CNC(=O)N2CCN(C3CCCC3)CC2)c1. The first-order valence-electron chi connectivity index (χ1n) is 9.25. The molecule has 1 saturated carbocycles. The minimum Gasteiger partial charge on any atom is -0.355 e. The van der Waals surface area contributed by atoms with Crippen LogP contribution in [0.25, 0.3) is 0 Å². The maximum absolute atomic E-state index is 12.4. The standard InChI is InChI=1S/C19H28N4O2/c1-20-18(24)16-6-4-5-15(13-16)14-21-19(25)23-11-9-22(10-12-23)17-7-2-3-8-17/h4-6,13,17H,2-3,7-12,14H2,1H3,(H,20,24)(H,21,25). The maximum Gasteiger partial charge on any atom is 0.317 e. The molecular weight excluding hydrogens is 316 g/mol. The van der Waals surface area contributed by atoms with Crippen LogP contribution >= 0.6 is 0 Å². The average Bonchev–Trinajstić information content (AvgIpc) is 3.20. The minimum atomic E-state index is -0.115. The van der Waals surface area contributed by atoms with E-state index in [0.29, 0.717) is 12.1 Å². The molecule has 6 heteroatoms. The van der Waals surface area contributed by atoms with Crippen molar-refractivity contribution in [3.05, 3.63) is 35.4 Å². The van der Waals surface area contributed by atoms with Gasteiger partial charge in [0.25, 0.3) is 5.91 Å². The summed E-state index contributed by atoms with van der Waals surface area (Å²) in [6.07, 6.45) is 5.32. The Kier molecular flexibility index (Phi) is 5.91. The number of piperazine rings is 1. The second-order valence-corrected chi connectivity index (χ2v) is 6.90. The maximum atomic E-state index is 12.4. The van der Waals surface area contributed by atoms with Gasteiger partial charge in [-0.05, 0) is 30.5 Å². The molecule has 2 N–H and O–H groups in total. The lowest BCUT2D eigenvalue weighted by Gasteiger charge is -2.38. The Bertz CT molecular complexity index is 605. The van der Waals surface area contributed by atoms with Crippen LogP contribution in [0.4, 0.5) is 4.79 Å². The zero-order valence-corrected chi connectivity index (χ0v) is 15.0. The molecule has 2 fully saturated rings. The molecule has 0 radical (unpaired) electrons. The first-order valence-corrected chi connectivity index (χ1v) is 9.25. The fourth-order valence-electron chi connectivity index (χ4n) is 3.82. The molecule has 3 amide bonds. The van der Waals surface area contributed by atoms with Crippen molar-refractivity contribution in [1.29, 1.82) is 0 Å². The highest BCUT2D eigenvalue weighted by Crippen LogP contribution is 2.24. The minimum absolute atomic E-state index is 0.0172. The molecule has 0 spiro atoms. The number of hydrogen-bond acceptors (Lipinski definition) is 3. The Labute approximate surface area is 149 Å². The van der Waals surface area contributed by atoms with E-state index in [1.165, 1.54) is 25.7 Å². The third-order valence-corrected chi connectivity index (χ3v) is 5.30. The number of rotatable bonds is 4. The molecule has 0 aromatic heterocycles. The molecule has 1 saturated heterocycles. The summed E-state index contributed by atoms with van der Waals surface area (Å²) in [6.45, 7) is 3.97. The molecule has 1 heterocycles. The number of urea groups is 1. The van der Waals surface area contributed by atoms with Crippen LogP contribution in [-0.4, -0.2) is 61.0 Å². The van der Waals surface area contributed by atoms with Gasteiger partial charge in [0, 0.05) is 51.4 Å². The molecule has 6 nitrogen and oxygen atoms in total. The van der Waals surface area contributed by atoms with E-state index in [-0.39, 0.29) is 11.9 Å². The first-order chi connectivity index (χ1) is 12.2. The normalized spacial score (nSPS) is 19.0. The molecule has 136 valence electrons. The molecule has 3 rings (SSSR count). The zero-order valence-electron chi connectivity index (χ0n) is 15.0. The lowest BCUT2D eigenvalue weighted by Crippen LogP contribution is -2.53. The van der Waals surface area contributed by atoms with E-state index in [4.69, 9.17) is 0 Å². The van der Waals surface area contributed by atoms with E-state index in [0.717, 1.165) is 37.8 Å². The molecule has 25 heavy (non-hydrogen) atoms. The van der Waals surface area contributed by atoms with Crippen LogP contribution in [0.2, 0.25) is 0 Å². The van der Waals surface area contributed by atoms with Crippen molar-refractivity contribution in [2.45, 2.75) is 38.3 Å². The van der Waals surface area contributed by atoms with E-state index in [9.17, 15) is 9.59 Å². The van der Waals surface area contributed by atoms with Crippen LogP contribution in [-0.2, 0) is 6.54 Å². The summed E-state index contributed by atoms with van der Waals surface area (Å²) in [5, 5.41) is 5.59. The fraction of sp³-hybridized carbons (Fsp3) is 0.579. The number of nitrogens with zero attached hydrogens (tertiary/aromatic N) is 2. The number of carbonyl (C=O) groups is 2. The van der Waals surface area contributed by atoms with Gasteiger partial charge in [-0.15, -0.1) is 0 Å². The van der Waals surface area contributed by atoms with Gasteiger partial charge < -0.3 is 15.5 Å². The van der Waals surface area contributed by atoms with Gasteiger partial charge in [0.05, 0.1) is 0 Å². The second kappa shape index (κ2) is 8.34. The molecule has 0 unspecified atom stereocenters. The lowest BCUT2D eigenvalue weighted by molar-refractivity contribution is 0.0963. The van der Waals surface area contributed by atoms with Gasteiger partial charge in [-0.25, -0.2) is 4.79 Å². The quantitative estimate of drug-likeness (QED) is 0.876. The Balaban J connectivity index is 1.46. The molecule has 0 atom stereocenters. The molecule has 1 aromatic rings. The Morgan fingerprint density at radius 1 is 1.12 bits per heavy atom. The topological polar surface area (TPSA) is 64.7 Å². The number of amides is 3. The molecule has 1 aliphatic carbocycles. The van der Waals surface area contributed by atoms with Gasteiger partial charge >= 0.3 is 6.03 Å². The van der Waals surface area contributed by atoms with E-state index < -0.39 is 0 Å². The van der Waals surface area contributed by atoms with Gasteiger partial charge in [0.15, 0.2) is 0 Å². The van der Waals surface area contributed by atoms with E-state index in [1.54, 1.807) is 13.1 Å². The highest BCUT2D eigenvalue weighted by atomic mass is 16.2. The lowest BCUT2D eigenvalue weighted by atomic mass is 10.1. The van der Waals surface area contributed by atoms with Crippen molar-refractivity contribution < 1.29 is 9.59 Å². The Morgan fingerprint density at radius 3 is 2.52 bits per heavy atom. The largest absolute Gasteiger partial charge is 0.355 e. The number of nitrogens with one attached hydrogen (secondary N) is 2. The van der Waals surface area contributed by atoms with Gasteiger partial charge in [0.2, 0.25) is 0 Å². The van der Waals surface area contributed by atoms with E-state index >= 15 is 0 Å². The average molecular weight is 344 g/mol. The van der Waals surface area contributed by atoms with Gasteiger partial charge in [0.1, 0.15) is 0 Å². The summed E-state index contributed by atoms with van der Waals surface area (Å²) in [5.74, 6) is -0.115. The molecule has 2 aliphatic rings. The molecule has 1 aliphatic heterocycles. The highest BCUT2D eigenvalue weighted by molar-refractivity contribution is 5.94. The van der Waals surface area contributed by atoms with Crippen LogP contribution in [0.3, 0.4) is 0 Å². The summed E-state index contributed by atoms with van der Waals surface area (Å²) in [6, 6.07) is 8.06. The Hall–Kier alpha value is -2.08. The van der Waals surface area contributed by atoms with Crippen molar-refractivity contribution in [3.63, 3.8) is 0 Å². The number of benzene rings is 1.